The second-order valence-electron chi connectivity index (χ2n) is 6.77. The van der Waals surface area contributed by atoms with Crippen LogP contribution in [0, 0.1) is 5.41 Å². The molecule has 3 heteroatoms. The zero-order valence-corrected chi connectivity index (χ0v) is 12.1. The Balaban J connectivity index is 2.74. The fourth-order valence-corrected chi connectivity index (χ4v) is 2.72. The summed E-state index contributed by atoms with van der Waals surface area (Å²) < 4.78 is 0. The monoisotopic (exact) mass is 240 g/mol. The summed E-state index contributed by atoms with van der Waals surface area (Å²) in [5.74, 6) is 0.315. The summed E-state index contributed by atoms with van der Waals surface area (Å²) >= 11 is 0. The van der Waals surface area contributed by atoms with E-state index in [2.05, 4.69) is 37.9 Å². The van der Waals surface area contributed by atoms with Crippen LogP contribution in [0.1, 0.15) is 53.4 Å². The van der Waals surface area contributed by atoms with Gasteiger partial charge in [-0.25, -0.2) is 0 Å². The average molecular weight is 240 g/mol. The second kappa shape index (κ2) is 5.38. The molecule has 0 spiro atoms. The Morgan fingerprint density at radius 1 is 1.35 bits per heavy atom. The number of amides is 1. The lowest BCUT2D eigenvalue weighted by atomic mass is 9.85. The highest BCUT2D eigenvalue weighted by molar-refractivity contribution is 5.77. The highest BCUT2D eigenvalue weighted by Crippen LogP contribution is 2.30. The van der Waals surface area contributed by atoms with Gasteiger partial charge in [0.25, 0.3) is 0 Å². The molecule has 1 atom stereocenters. The number of hydrogen-bond donors (Lipinski definition) is 1. The summed E-state index contributed by atoms with van der Waals surface area (Å²) in [4.78, 5) is 14.5. The van der Waals surface area contributed by atoms with Crippen molar-refractivity contribution < 1.29 is 4.79 Å². The maximum atomic E-state index is 12.4. The van der Waals surface area contributed by atoms with Gasteiger partial charge < -0.3 is 10.2 Å². The fourth-order valence-electron chi connectivity index (χ4n) is 2.72. The molecule has 0 aromatic carbocycles. The van der Waals surface area contributed by atoms with E-state index in [4.69, 9.17) is 0 Å². The zero-order valence-electron chi connectivity index (χ0n) is 12.1. The molecule has 1 N–H and O–H groups in total. The predicted octanol–water partition coefficient (Wildman–Crippen LogP) is 2.41. The van der Waals surface area contributed by atoms with E-state index in [1.54, 1.807) is 0 Å². The Hall–Kier alpha value is -0.570. The molecule has 100 valence electrons. The van der Waals surface area contributed by atoms with Crippen molar-refractivity contribution in [2.24, 2.45) is 5.41 Å². The molecule has 1 aliphatic heterocycles. The number of nitrogens with one attached hydrogen (secondary N) is 1. The quantitative estimate of drug-likeness (QED) is 0.821. The summed E-state index contributed by atoms with van der Waals surface area (Å²) in [6.07, 6.45) is 4.14. The average Bonchev–Trinajstić information content (AvgIpc) is 2.15. The van der Waals surface area contributed by atoms with Gasteiger partial charge in [-0.15, -0.1) is 0 Å². The Labute approximate surface area is 106 Å². The molecule has 1 heterocycles. The molecule has 0 aromatic rings. The van der Waals surface area contributed by atoms with Crippen LogP contribution in [0.15, 0.2) is 0 Å². The van der Waals surface area contributed by atoms with E-state index < -0.39 is 0 Å². The molecule has 1 unspecified atom stereocenters. The van der Waals surface area contributed by atoms with Gasteiger partial charge in [0, 0.05) is 19.5 Å². The molecule has 3 nitrogen and oxygen atoms in total. The van der Waals surface area contributed by atoms with Gasteiger partial charge in [0.2, 0.25) is 5.91 Å². The third-order valence-electron chi connectivity index (χ3n) is 3.54. The van der Waals surface area contributed by atoms with Gasteiger partial charge in [-0.1, -0.05) is 20.8 Å². The number of carbonyl (C=O) groups is 1. The lowest BCUT2D eigenvalue weighted by Gasteiger charge is -2.46. The summed E-state index contributed by atoms with van der Waals surface area (Å²) in [6, 6.07) is 0. The van der Waals surface area contributed by atoms with Crippen molar-refractivity contribution in [3.63, 3.8) is 0 Å². The van der Waals surface area contributed by atoms with Crippen LogP contribution in [0.3, 0.4) is 0 Å². The van der Waals surface area contributed by atoms with Gasteiger partial charge in [-0.2, -0.15) is 0 Å². The molecule has 1 rings (SSSR count). The minimum absolute atomic E-state index is 0.00926. The first kappa shape index (κ1) is 14.5. The first-order valence-corrected chi connectivity index (χ1v) is 6.74. The number of likely N-dealkylation sites (N-methyl/N-ethyl adjacent to an activating group) is 1. The van der Waals surface area contributed by atoms with Crippen LogP contribution in [0.5, 0.6) is 0 Å². The largest absolute Gasteiger partial charge is 0.336 e. The van der Waals surface area contributed by atoms with Crippen LogP contribution in [0.2, 0.25) is 0 Å². The van der Waals surface area contributed by atoms with Gasteiger partial charge in [-0.05, 0) is 38.6 Å². The molecule has 0 aromatic heterocycles. The van der Waals surface area contributed by atoms with Crippen LogP contribution >= 0.6 is 0 Å². The topological polar surface area (TPSA) is 32.3 Å². The molecule has 1 saturated heterocycles. The lowest BCUT2D eigenvalue weighted by molar-refractivity contribution is -0.141. The zero-order chi connectivity index (χ0) is 13.1. The second-order valence-corrected chi connectivity index (χ2v) is 6.77. The molecule has 0 aliphatic carbocycles. The molecule has 1 aliphatic rings. The van der Waals surface area contributed by atoms with Crippen LogP contribution in [0.25, 0.3) is 0 Å². The molecular formula is C14H28N2O. The number of hydrogen-bond acceptors (Lipinski definition) is 2. The summed E-state index contributed by atoms with van der Waals surface area (Å²) in [5.41, 5.74) is 0.0877. The normalized spacial score (nSPS) is 26.1. The van der Waals surface area contributed by atoms with Crippen molar-refractivity contribution in [2.45, 2.75) is 58.9 Å². The van der Waals surface area contributed by atoms with Crippen LogP contribution in [-0.4, -0.2) is 36.5 Å². The maximum Gasteiger partial charge on any atom is 0.223 e. The van der Waals surface area contributed by atoms with Crippen molar-refractivity contribution in [1.29, 1.82) is 0 Å². The van der Waals surface area contributed by atoms with Crippen molar-refractivity contribution in [1.82, 2.24) is 10.2 Å². The van der Waals surface area contributed by atoms with E-state index >= 15 is 0 Å². The number of likely N-dealkylation sites (tertiary alicyclic amines) is 1. The van der Waals surface area contributed by atoms with Gasteiger partial charge in [0.05, 0.1) is 5.54 Å². The van der Waals surface area contributed by atoms with E-state index in [0.717, 1.165) is 25.9 Å². The molecule has 1 amide bonds. The maximum absolute atomic E-state index is 12.4. The Morgan fingerprint density at radius 3 is 2.53 bits per heavy atom. The van der Waals surface area contributed by atoms with Crippen molar-refractivity contribution in [3.05, 3.63) is 0 Å². The van der Waals surface area contributed by atoms with Crippen molar-refractivity contribution in [3.8, 4) is 0 Å². The number of nitrogens with zero attached hydrogens (tertiary/aromatic N) is 1. The minimum Gasteiger partial charge on any atom is -0.336 e. The minimum atomic E-state index is 0.00926. The molecular weight excluding hydrogens is 212 g/mol. The van der Waals surface area contributed by atoms with E-state index in [9.17, 15) is 4.79 Å². The summed E-state index contributed by atoms with van der Waals surface area (Å²) in [5, 5.41) is 3.23. The van der Waals surface area contributed by atoms with Crippen LogP contribution in [-0.2, 0) is 4.79 Å². The smallest absolute Gasteiger partial charge is 0.223 e. The van der Waals surface area contributed by atoms with E-state index in [0.29, 0.717) is 12.3 Å². The standard InChI is InChI=1S/C14H28N2O/c1-13(2,3)10-12(17)16-9-7-6-8-14(16,4)11-15-5/h15H,6-11H2,1-5H3. The fraction of sp³-hybridized carbons (Fsp3) is 0.929. The van der Waals surface area contributed by atoms with Crippen molar-refractivity contribution >= 4 is 5.91 Å². The molecule has 17 heavy (non-hydrogen) atoms. The van der Waals surface area contributed by atoms with E-state index in [-0.39, 0.29) is 11.0 Å². The van der Waals surface area contributed by atoms with Crippen molar-refractivity contribution in [2.75, 3.05) is 20.1 Å². The Kier molecular flexibility index (Phi) is 4.59. The number of rotatable bonds is 3. The van der Waals surface area contributed by atoms with E-state index in [1.165, 1.54) is 6.42 Å². The molecule has 0 radical (unpaired) electrons. The van der Waals surface area contributed by atoms with Gasteiger partial charge in [0.1, 0.15) is 0 Å². The van der Waals surface area contributed by atoms with Gasteiger partial charge >= 0.3 is 0 Å². The van der Waals surface area contributed by atoms with E-state index in [1.807, 2.05) is 7.05 Å². The molecule has 0 saturated carbocycles. The first-order valence-electron chi connectivity index (χ1n) is 6.74. The van der Waals surface area contributed by atoms with Gasteiger partial charge in [-0.3, -0.25) is 4.79 Å². The number of piperidine rings is 1. The third kappa shape index (κ3) is 3.98. The predicted molar refractivity (Wildman–Crippen MR) is 72.0 cm³/mol. The van der Waals surface area contributed by atoms with Crippen LogP contribution in [0.4, 0.5) is 0 Å². The highest BCUT2D eigenvalue weighted by Gasteiger charge is 2.37. The summed E-state index contributed by atoms with van der Waals surface area (Å²) in [7, 11) is 1.96. The van der Waals surface area contributed by atoms with Crippen LogP contribution < -0.4 is 5.32 Å². The Bertz CT molecular complexity index is 266. The number of carbonyl (C=O) groups excluding carboxylic acids is 1. The molecule has 0 bridgehead atoms. The lowest BCUT2D eigenvalue weighted by Crippen LogP contribution is -2.57. The Morgan fingerprint density at radius 2 is 2.00 bits per heavy atom. The summed E-state index contributed by atoms with van der Waals surface area (Å²) in [6.45, 7) is 10.4. The van der Waals surface area contributed by atoms with Gasteiger partial charge in [0.15, 0.2) is 0 Å². The third-order valence-corrected chi connectivity index (χ3v) is 3.54. The molecule has 1 fully saturated rings. The first-order chi connectivity index (χ1) is 7.78. The highest BCUT2D eigenvalue weighted by atomic mass is 16.2. The SMILES string of the molecule is CNCC1(C)CCCCN1C(=O)CC(C)(C)C.